The monoisotopic (exact) mass is 300 g/mol. The van der Waals surface area contributed by atoms with E-state index in [1.165, 1.54) is 0 Å². The SMILES string of the molecule is OC1(c2ccccc2)C=C(c2ccccc2)c2ccccc2O1. The molecule has 1 atom stereocenters. The molecule has 0 saturated heterocycles. The van der Waals surface area contributed by atoms with Gasteiger partial charge in [0.15, 0.2) is 0 Å². The molecule has 0 amide bonds. The maximum absolute atomic E-state index is 11.1. The number of hydrogen-bond donors (Lipinski definition) is 1. The molecule has 0 radical (unpaired) electrons. The number of para-hydroxylation sites is 1. The van der Waals surface area contributed by atoms with Gasteiger partial charge in [0.2, 0.25) is 0 Å². The topological polar surface area (TPSA) is 29.5 Å². The van der Waals surface area contributed by atoms with Crippen molar-refractivity contribution in [1.82, 2.24) is 0 Å². The summed E-state index contributed by atoms with van der Waals surface area (Å²) < 4.78 is 5.94. The largest absolute Gasteiger partial charge is 0.454 e. The molecule has 3 aromatic rings. The smallest absolute Gasteiger partial charge is 0.255 e. The second-order valence-electron chi connectivity index (χ2n) is 5.58. The number of hydrogen-bond acceptors (Lipinski definition) is 2. The molecule has 112 valence electrons. The van der Waals surface area contributed by atoms with Gasteiger partial charge in [0, 0.05) is 17.2 Å². The molecule has 1 heterocycles. The van der Waals surface area contributed by atoms with Crippen LogP contribution in [0.2, 0.25) is 0 Å². The van der Waals surface area contributed by atoms with Crippen LogP contribution >= 0.6 is 0 Å². The molecule has 0 fully saturated rings. The lowest BCUT2D eigenvalue weighted by molar-refractivity contribution is -0.103. The standard InChI is InChI=1S/C21H16O2/c22-21(17-11-5-2-6-12-17)15-19(16-9-3-1-4-10-16)18-13-7-8-14-20(18)23-21/h1-15,22H. The van der Waals surface area contributed by atoms with E-state index in [2.05, 4.69) is 0 Å². The lowest BCUT2D eigenvalue weighted by Gasteiger charge is -2.33. The average molecular weight is 300 g/mol. The second-order valence-corrected chi connectivity index (χ2v) is 5.58. The zero-order chi connectivity index (χ0) is 15.7. The molecular weight excluding hydrogens is 284 g/mol. The zero-order valence-electron chi connectivity index (χ0n) is 12.5. The van der Waals surface area contributed by atoms with Crippen LogP contribution in [0.15, 0.2) is 91.0 Å². The van der Waals surface area contributed by atoms with Crippen molar-refractivity contribution in [2.24, 2.45) is 0 Å². The maximum Gasteiger partial charge on any atom is 0.255 e. The molecule has 0 aliphatic carbocycles. The predicted molar refractivity (Wildman–Crippen MR) is 90.9 cm³/mol. The summed E-state index contributed by atoms with van der Waals surface area (Å²) in [6.07, 6.45) is 1.79. The summed E-state index contributed by atoms with van der Waals surface area (Å²) in [7, 11) is 0. The Morgan fingerprint density at radius 1 is 0.696 bits per heavy atom. The van der Waals surface area contributed by atoms with Crippen molar-refractivity contribution < 1.29 is 9.84 Å². The van der Waals surface area contributed by atoms with Crippen molar-refractivity contribution in [3.05, 3.63) is 108 Å². The minimum absolute atomic E-state index is 0.681. The zero-order valence-corrected chi connectivity index (χ0v) is 12.5. The summed E-state index contributed by atoms with van der Waals surface area (Å²) in [6, 6.07) is 27.3. The van der Waals surface area contributed by atoms with Crippen molar-refractivity contribution >= 4 is 5.57 Å². The molecule has 0 saturated carbocycles. The summed E-state index contributed by atoms with van der Waals surface area (Å²) in [6.45, 7) is 0. The van der Waals surface area contributed by atoms with Crippen LogP contribution < -0.4 is 4.74 Å². The molecular formula is C21H16O2. The quantitative estimate of drug-likeness (QED) is 0.762. The Bertz CT molecular complexity index is 853. The van der Waals surface area contributed by atoms with Crippen LogP contribution in [0.1, 0.15) is 16.7 Å². The third-order valence-corrected chi connectivity index (χ3v) is 4.05. The highest BCUT2D eigenvalue weighted by atomic mass is 16.6. The minimum atomic E-state index is -1.47. The Morgan fingerprint density at radius 3 is 2.04 bits per heavy atom. The first-order chi connectivity index (χ1) is 11.3. The highest BCUT2D eigenvalue weighted by Gasteiger charge is 2.35. The fourth-order valence-corrected chi connectivity index (χ4v) is 2.92. The van der Waals surface area contributed by atoms with Crippen LogP contribution in [0.4, 0.5) is 0 Å². The molecule has 0 bridgehead atoms. The lowest BCUT2D eigenvalue weighted by atomic mass is 9.90. The van der Waals surface area contributed by atoms with Gasteiger partial charge < -0.3 is 9.84 Å². The van der Waals surface area contributed by atoms with Gasteiger partial charge in [-0.15, -0.1) is 0 Å². The molecule has 1 aliphatic rings. The average Bonchev–Trinajstić information content (AvgIpc) is 2.62. The molecule has 0 spiro atoms. The maximum atomic E-state index is 11.1. The molecule has 2 nitrogen and oxygen atoms in total. The molecule has 1 unspecified atom stereocenters. The summed E-state index contributed by atoms with van der Waals surface area (Å²) in [5.74, 6) is -0.791. The Morgan fingerprint density at radius 2 is 1.30 bits per heavy atom. The van der Waals surface area contributed by atoms with Crippen LogP contribution in [-0.4, -0.2) is 5.11 Å². The van der Waals surface area contributed by atoms with Crippen LogP contribution in [0, 0.1) is 0 Å². The Kier molecular flexibility index (Phi) is 3.25. The summed E-state index contributed by atoms with van der Waals surface area (Å²) >= 11 is 0. The van der Waals surface area contributed by atoms with Crippen LogP contribution in [0.3, 0.4) is 0 Å². The van der Waals surface area contributed by atoms with Crippen LogP contribution in [0.5, 0.6) is 5.75 Å². The van der Waals surface area contributed by atoms with Gasteiger partial charge in [0.1, 0.15) is 5.75 Å². The van der Waals surface area contributed by atoms with E-state index in [-0.39, 0.29) is 0 Å². The van der Waals surface area contributed by atoms with E-state index in [0.29, 0.717) is 11.3 Å². The Balaban J connectivity index is 1.93. The molecule has 1 N–H and O–H groups in total. The van der Waals surface area contributed by atoms with Gasteiger partial charge in [-0.05, 0) is 17.2 Å². The second kappa shape index (κ2) is 5.41. The van der Waals surface area contributed by atoms with Crippen molar-refractivity contribution in [2.75, 3.05) is 0 Å². The van der Waals surface area contributed by atoms with E-state index in [0.717, 1.165) is 16.7 Å². The normalized spacial score (nSPS) is 19.4. The van der Waals surface area contributed by atoms with Crippen molar-refractivity contribution in [2.45, 2.75) is 5.79 Å². The van der Waals surface area contributed by atoms with E-state index in [4.69, 9.17) is 4.74 Å². The molecule has 3 aromatic carbocycles. The van der Waals surface area contributed by atoms with Gasteiger partial charge in [0.05, 0.1) is 0 Å². The molecule has 1 aliphatic heterocycles. The summed E-state index contributed by atoms with van der Waals surface area (Å²) in [5.41, 5.74) is 3.72. The lowest BCUT2D eigenvalue weighted by Crippen LogP contribution is -2.33. The first-order valence-corrected chi connectivity index (χ1v) is 7.61. The van der Waals surface area contributed by atoms with E-state index in [9.17, 15) is 5.11 Å². The van der Waals surface area contributed by atoms with Gasteiger partial charge in [-0.3, -0.25) is 0 Å². The van der Waals surface area contributed by atoms with E-state index < -0.39 is 5.79 Å². The fraction of sp³-hybridized carbons (Fsp3) is 0.0476. The van der Waals surface area contributed by atoms with Gasteiger partial charge in [-0.25, -0.2) is 0 Å². The van der Waals surface area contributed by atoms with Crippen LogP contribution in [-0.2, 0) is 5.79 Å². The van der Waals surface area contributed by atoms with E-state index >= 15 is 0 Å². The van der Waals surface area contributed by atoms with Gasteiger partial charge in [-0.2, -0.15) is 0 Å². The third kappa shape index (κ3) is 2.43. The molecule has 2 heteroatoms. The number of fused-ring (bicyclic) bond motifs is 1. The van der Waals surface area contributed by atoms with Gasteiger partial charge >= 0.3 is 0 Å². The van der Waals surface area contributed by atoms with Crippen molar-refractivity contribution in [1.29, 1.82) is 0 Å². The summed E-state index contributed by atoms with van der Waals surface area (Å²) in [4.78, 5) is 0. The predicted octanol–water partition coefficient (Wildman–Crippen LogP) is 4.36. The highest BCUT2D eigenvalue weighted by Crippen LogP contribution is 2.42. The van der Waals surface area contributed by atoms with Crippen LogP contribution in [0.25, 0.3) is 5.57 Å². The Labute approximate surface area is 135 Å². The van der Waals surface area contributed by atoms with Crippen molar-refractivity contribution in [3.8, 4) is 5.75 Å². The fourth-order valence-electron chi connectivity index (χ4n) is 2.92. The first-order valence-electron chi connectivity index (χ1n) is 7.61. The number of ether oxygens (including phenoxy) is 1. The van der Waals surface area contributed by atoms with E-state index in [1.807, 2.05) is 84.9 Å². The Hall–Kier alpha value is -2.84. The van der Waals surface area contributed by atoms with Gasteiger partial charge in [0.25, 0.3) is 5.79 Å². The van der Waals surface area contributed by atoms with Gasteiger partial charge in [-0.1, -0.05) is 78.9 Å². The number of benzene rings is 3. The first kappa shape index (κ1) is 13.8. The third-order valence-electron chi connectivity index (χ3n) is 4.05. The molecule has 0 aromatic heterocycles. The number of rotatable bonds is 2. The van der Waals surface area contributed by atoms with Crippen molar-refractivity contribution in [3.63, 3.8) is 0 Å². The number of aliphatic hydroxyl groups is 1. The summed E-state index contributed by atoms with van der Waals surface area (Å²) in [5, 5.41) is 11.1. The van der Waals surface area contributed by atoms with E-state index in [1.54, 1.807) is 6.08 Å². The molecule has 4 rings (SSSR count). The molecule has 23 heavy (non-hydrogen) atoms. The minimum Gasteiger partial charge on any atom is -0.454 e. The highest BCUT2D eigenvalue weighted by molar-refractivity contribution is 5.84.